The summed E-state index contributed by atoms with van der Waals surface area (Å²) in [7, 11) is 9.54. The molecule has 0 aromatic rings. The van der Waals surface area contributed by atoms with Crippen molar-refractivity contribution in [1.29, 1.82) is 0 Å². The van der Waals surface area contributed by atoms with E-state index in [4.69, 9.17) is 0 Å². The fraction of sp³-hybridized carbons (Fsp3) is 0.727. The third-order valence-electron chi connectivity index (χ3n) is 3.09. The maximum absolute atomic E-state index is 12.0. The van der Waals surface area contributed by atoms with Gasteiger partial charge in [0.05, 0.1) is 0 Å². The van der Waals surface area contributed by atoms with E-state index in [0.717, 1.165) is 0 Å². The second kappa shape index (κ2) is 5.85. The standard InChI is InChI=1S/C11H22N6O3/c1-14(2)9(18)12-7-8(13-10(19)15(3)4)17(6)11(20)16(7)5/h7-8H,1-6H3,(H,12,18)(H,13,19)/t7-,8-/m0/s1. The van der Waals surface area contributed by atoms with Gasteiger partial charge in [0.15, 0.2) is 0 Å². The fourth-order valence-corrected chi connectivity index (χ4v) is 1.77. The van der Waals surface area contributed by atoms with Gasteiger partial charge in [-0.2, -0.15) is 0 Å². The lowest BCUT2D eigenvalue weighted by molar-refractivity contribution is 0.173. The van der Waals surface area contributed by atoms with Crippen LogP contribution in [0.15, 0.2) is 0 Å². The number of rotatable bonds is 2. The first-order valence-corrected chi connectivity index (χ1v) is 6.12. The molecule has 1 rings (SSSR count). The Labute approximate surface area is 118 Å². The van der Waals surface area contributed by atoms with Crippen LogP contribution in [0.25, 0.3) is 0 Å². The highest BCUT2D eigenvalue weighted by atomic mass is 16.2. The molecule has 20 heavy (non-hydrogen) atoms. The summed E-state index contributed by atoms with van der Waals surface area (Å²) in [6, 6.07) is -0.957. The Morgan fingerprint density at radius 3 is 1.45 bits per heavy atom. The zero-order chi connectivity index (χ0) is 15.6. The number of likely N-dealkylation sites (N-methyl/N-ethyl adjacent to an activating group) is 2. The van der Waals surface area contributed by atoms with E-state index in [0.29, 0.717) is 0 Å². The minimum absolute atomic E-state index is 0.280. The highest BCUT2D eigenvalue weighted by Crippen LogP contribution is 2.16. The van der Waals surface area contributed by atoms with Crippen molar-refractivity contribution < 1.29 is 14.4 Å². The van der Waals surface area contributed by atoms with Gasteiger partial charge in [0.2, 0.25) is 0 Å². The van der Waals surface area contributed by atoms with Crippen LogP contribution in [0.4, 0.5) is 14.4 Å². The van der Waals surface area contributed by atoms with E-state index in [-0.39, 0.29) is 18.1 Å². The summed E-state index contributed by atoms with van der Waals surface area (Å²) in [4.78, 5) is 40.9. The number of carbonyl (C=O) groups is 3. The second-order valence-corrected chi connectivity index (χ2v) is 5.08. The molecule has 0 unspecified atom stereocenters. The van der Waals surface area contributed by atoms with Crippen LogP contribution < -0.4 is 10.6 Å². The molecule has 0 spiro atoms. The minimum Gasteiger partial charge on any atom is -0.331 e. The van der Waals surface area contributed by atoms with Crippen molar-refractivity contribution in [3.8, 4) is 0 Å². The molecule has 6 amide bonds. The zero-order valence-corrected chi connectivity index (χ0v) is 12.7. The van der Waals surface area contributed by atoms with Gasteiger partial charge >= 0.3 is 18.1 Å². The highest BCUT2D eigenvalue weighted by Gasteiger charge is 2.43. The summed E-state index contributed by atoms with van der Waals surface area (Å²) in [5.41, 5.74) is 0. The van der Waals surface area contributed by atoms with Crippen LogP contribution in [0.1, 0.15) is 0 Å². The van der Waals surface area contributed by atoms with E-state index in [2.05, 4.69) is 10.6 Å². The van der Waals surface area contributed by atoms with Gasteiger partial charge in [-0.3, -0.25) is 0 Å². The first-order chi connectivity index (χ1) is 9.16. The smallest absolute Gasteiger partial charge is 0.323 e. The average molecular weight is 286 g/mol. The molecule has 0 radical (unpaired) electrons. The number of nitrogens with one attached hydrogen (secondary N) is 2. The third-order valence-corrected chi connectivity index (χ3v) is 3.09. The summed E-state index contributed by atoms with van der Waals surface area (Å²) < 4.78 is 0. The molecule has 1 aliphatic heterocycles. The molecule has 1 aliphatic rings. The molecular weight excluding hydrogens is 264 g/mol. The normalized spacial score (nSPS) is 21.8. The Bertz CT molecular complexity index is 375. The Morgan fingerprint density at radius 2 is 1.20 bits per heavy atom. The third kappa shape index (κ3) is 3.03. The largest absolute Gasteiger partial charge is 0.331 e. The van der Waals surface area contributed by atoms with E-state index >= 15 is 0 Å². The first kappa shape index (κ1) is 15.9. The van der Waals surface area contributed by atoms with Crippen molar-refractivity contribution in [2.24, 2.45) is 0 Å². The van der Waals surface area contributed by atoms with Crippen molar-refractivity contribution in [3.63, 3.8) is 0 Å². The second-order valence-electron chi connectivity index (χ2n) is 5.08. The molecule has 0 aliphatic carbocycles. The van der Waals surface area contributed by atoms with E-state index in [1.54, 1.807) is 42.3 Å². The van der Waals surface area contributed by atoms with Gasteiger partial charge < -0.3 is 30.2 Å². The van der Waals surface area contributed by atoms with Crippen LogP contribution in [-0.4, -0.2) is 92.3 Å². The van der Waals surface area contributed by atoms with Gasteiger partial charge in [-0.15, -0.1) is 0 Å². The van der Waals surface area contributed by atoms with Crippen LogP contribution in [-0.2, 0) is 0 Å². The lowest BCUT2D eigenvalue weighted by Crippen LogP contribution is -2.59. The van der Waals surface area contributed by atoms with Crippen LogP contribution >= 0.6 is 0 Å². The van der Waals surface area contributed by atoms with E-state index in [1.165, 1.54) is 19.6 Å². The van der Waals surface area contributed by atoms with Crippen molar-refractivity contribution >= 4 is 18.1 Å². The van der Waals surface area contributed by atoms with E-state index in [9.17, 15) is 14.4 Å². The highest BCUT2D eigenvalue weighted by molar-refractivity contribution is 5.82. The van der Waals surface area contributed by atoms with E-state index < -0.39 is 12.3 Å². The number of carbonyl (C=O) groups excluding carboxylic acids is 3. The van der Waals surface area contributed by atoms with Gasteiger partial charge in [0, 0.05) is 42.3 Å². The van der Waals surface area contributed by atoms with Crippen molar-refractivity contribution in [2.75, 3.05) is 42.3 Å². The SMILES string of the molecule is CN(C)C(=O)N[C@@H]1[C@@H](NC(=O)N(C)C)N(C)C(=O)N1C. The maximum Gasteiger partial charge on any atom is 0.323 e. The molecule has 9 nitrogen and oxygen atoms in total. The predicted octanol–water partition coefficient (Wildman–Crippen LogP) is -0.822. The Hall–Kier alpha value is -2.19. The number of hydrogen-bond donors (Lipinski definition) is 2. The molecule has 1 heterocycles. The topological polar surface area (TPSA) is 88.2 Å². The lowest BCUT2D eigenvalue weighted by atomic mass is 10.3. The van der Waals surface area contributed by atoms with Crippen molar-refractivity contribution in [1.82, 2.24) is 30.2 Å². The average Bonchev–Trinajstić information content (AvgIpc) is 2.56. The first-order valence-electron chi connectivity index (χ1n) is 6.12. The molecular formula is C11H22N6O3. The number of amides is 6. The number of urea groups is 3. The number of hydrogen-bond acceptors (Lipinski definition) is 3. The molecule has 0 aromatic heterocycles. The monoisotopic (exact) mass is 286 g/mol. The number of nitrogens with zero attached hydrogens (tertiary/aromatic N) is 4. The quantitative estimate of drug-likeness (QED) is 0.695. The van der Waals surface area contributed by atoms with Crippen LogP contribution in [0.5, 0.6) is 0 Å². The van der Waals surface area contributed by atoms with Crippen LogP contribution in [0.3, 0.4) is 0 Å². The molecule has 0 aromatic carbocycles. The zero-order valence-electron chi connectivity index (χ0n) is 12.7. The van der Waals surface area contributed by atoms with Gasteiger partial charge in [-0.25, -0.2) is 14.4 Å². The van der Waals surface area contributed by atoms with Crippen LogP contribution in [0, 0.1) is 0 Å². The molecule has 1 saturated heterocycles. The summed E-state index contributed by atoms with van der Waals surface area (Å²) in [5, 5.41) is 5.40. The fourth-order valence-electron chi connectivity index (χ4n) is 1.77. The van der Waals surface area contributed by atoms with Gasteiger partial charge in [-0.1, -0.05) is 0 Å². The Kier molecular flexibility index (Phi) is 4.64. The maximum atomic E-state index is 12.0. The van der Waals surface area contributed by atoms with Crippen LogP contribution in [0.2, 0.25) is 0 Å². The van der Waals surface area contributed by atoms with Gasteiger partial charge in [0.1, 0.15) is 12.3 Å². The molecule has 0 saturated carbocycles. The van der Waals surface area contributed by atoms with Crippen molar-refractivity contribution in [2.45, 2.75) is 12.3 Å². The molecule has 114 valence electrons. The molecule has 0 bridgehead atoms. The molecule has 2 atom stereocenters. The minimum atomic E-state index is -0.633. The summed E-state index contributed by atoms with van der Waals surface area (Å²) in [5.74, 6) is 0. The molecule has 2 N–H and O–H groups in total. The Balaban J connectivity index is 2.89. The van der Waals surface area contributed by atoms with E-state index in [1.807, 2.05) is 0 Å². The lowest BCUT2D eigenvalue weighted by Gasteiger charge is -2.28. The predicted molar refractivity (Wildman–Crippen MR) is 72.9 cm³/mol. The van der Waals surface area contributed by atoms with Gasteiger partial charge in [0.25, 0.3) is 0 Å². The molecule has 9 heteroatoms. The van der Waals surface area contributed by atoms with Crippen molar-refractivity contribution in [3.05, 3.63) is 0 Å². The summed E-state index contributed by atoms with van der Waals surface area (Å²) >= 11 is 0. The Morgan fingerprint density at radius 1 is 0.900 bits per heavy atom. The summed E-state index contributed by atoms with van der Waals surface area (Å²) in [6.07, 6.45) is -1.27. The summed E-state index contributed by atoms with van der Waals surface area (Å²) in [6.45, 7) is 0. The molecule has 1 fully saturated rings. The van der Waals surface area contributed by atoms with Gasteiger partial charge in [-0.05, 0) is 0 Å².